The van der Waals surface area contributed by atoms with E-state index in [9.17, 15) is 0 Å². The minimum atomic E-state index is 0. The molecule has 1 aromatic heterocycles. The van der Waals surface area contributed by atoms with Gasteiger partial charge in [0.2, 0.25) is 0 Å². The molecule has 0 spiro atoms. The lowest BCUT2D eigenvalue weighted by Crippen LogP contribution is -3.00. The fourth-order valence-corrected chi connectivity index (χ4v) is 3.53. The van der Waals surface area contributed by atoms with Crippen molar-refractivity contribution in [2.45, 2.75) is 18.4 Å². The highest BCUT2D eigenvalue weighted by molar-refractivity contribution is 8.03. The summed E-state index contributed by atoms with van der Waals surface area (Å²) in [4.78, 5) is 3.62. The van der Waals surface area contributed by atoms with E-state index in [1.807, 2.05) is 17.8 Å². The quantitative estimate of drug-likeness (QED) is 0.414. The molecule has 0 fully saturated rings. The van der Waals surface area contributed by atoms with Gasteiger partial charge < -0.3 is 28.9 Å². The van der Waals surface area contributed by atoms with E-state index in [-0.39, 0.29) is 24.0 Å². The summed E-state index contributed by atoms with van der Waals surface area (Å²) in [5, 5.41) is 1.25. The Bertz CT molecular complexity index is 680. The van der Waals surface area contributed by atoms with Crippen LogP contribution >= 0.6 is 11.8 Å². The molecule has 0 saturated heterocycles. The number of pyridine rings is 1. The third kappa shape index (κ3) is 3.55. The number of thioether (sulfide) groups is 1. The van der Waals surface area contributed by atoms with Crippen molar-refractivity contribution in [1.29, 1.82) is 0 Å². The Morgan fingerprint density at radius 3 is 2.59 bits per heavy atom. The molecule has 1 aromatic carbocycles. The molecule has 0 saturated carbocycles. The Morgan fingerprint density at radius 1 is 1.18 bits per heavy atom. The first-order valence-corrected chi connectivity index (χ1v) is 7.99. The molecule has 22 heavy (non-hydrogen) atoms. The third-order valence-electron chi connectivity index (χ3n) is 3.52. The van der Waals surface area contributed by atoms with Crippen LogP contribution in [0.15, 0.2) is 71.4 Å². The molecule has 4 heteroatoms. The van der Waals surface area contributed by atoms with Crippen molar-refractivity contribution < 1.29 is 28.5 Å². The van der Waals surface area contributed by atoms with Crippen molar-refractivity contribution in [3.8, 4) is 0 Å². The standard InChI is InChI=1S/C18H19N2S.HI/c1-3-11-20-16-7-5-6-8-17(16)21-18(20)14-15-9-12-19(4-2)13-10-15;/h3,5-10,12-14H,1,4,11H2,2H3;1H/q+1;/p-1. The van der Waals surface area contributed by atoms with E-state index in [0.29, 0.717) is 0 Å². The van der Waals surface area contributed by atoms with Gasteiger partial charge in [0.25, 0.3) is 0 Å². The second kappa shape index (κ2) is 7.83. The Morgan fingerprint density at radius 2 is 1.91 bits per heavy atom. The number of fused-ring (bicyclic) bond motifs is 1. The molecule has 0 N–H and O–H groups in total. The van der Waals surface area contributed by atoms with E-state index in [1.54, 1.807) is 0 Å². The minimum Gasteiger partial charge on any atom is -1.00 e. The molecule has 0 aliphatic carbocycles. The van der Waals surface area contributed by atoms with Crippen molar-refractivity contribution >= 4 is 23.5 Å². The number of aromatic nitrogens is 1. The predicted octanol–water partition coefficient (Wildman–Crippen LogP) is 1.09. The molecule has 114 valence electrons. The number of nitrogens with zero attached hydrogens (tertiary/aromatic N) is 2. The summed E-state index contributed by atoms with van der Waals surface area (Å²) >= 11 is 1.82. The number of para-hydroxylation sites is 1. The molecule has 0 radical (unpaired) electrons. The second-order valence-corrected chi connectivity index (χ2v) is 5.98. The van der Waals surface area contributed by atoms with Crippen LogP contribution in [0.25, 0.3) is 6.08 Å². The maximum absolute atomic E-state index is 3.88. The minimum absolute atomic E-state index is 0. The number of aryl methyl sites for hydroxylation is 1. The van der Waals surface area contributed by atoms with Gasteiger partial charge in [-0.1, -0.05) is 30.0 Å². The van der Waals surface area contributed by atoms with Gasteiger partial charge in [-0.3, -0.25) is 0 Å². The van der Waals surface area contributed by atoms with Gasteiger partial charge in [-0.2, -0.15) is 0 Å². The zero-order valence-electron chi connectivity index (χ0n) is 12.6. The maximum atomic E-state index is 3.88. The van der Waals surface area contributed by atoms with Crippen molar-refractivity contribution in [3.63, 3.8) is 0 Å². The van der Waals surface area contributed by atoms with Gasteiger partial charge in [-0.05, 0) is 30.7 Å². The Kier molecular flexibility index (Phi) is 6.08. The van der Waals surface area contributed by atoms with E-state index in [1.165, 1.54) is 21.2 Å². The van der Waals surface area contributed by atoms with Crippen LogP contribution in [0.1, 0.15) is 12.5 Å². The predicted molar refractivity (Wildman–Crippen MR) is 90.1 cm³/mol. The molecule has 2 aromatic rings. The molecule has 1 aliphatic heterocycles. The second-order valence-electron chi connectivity index (χ2n) is 4.91. The zero-order valence-corrected chi connectivity index (χ0v) is 15.5. The average Bonchev–Trinajstić information content (AvgIpc) is 2.86. The van der Waals surface area contributed by atoms with Gasteiger partial charge in [0, 0.05) is 23.6 Å². The van der Waals surface area contributed by atoms with E-state index >= 15 is 0 Å². The lowest BCUT2D eigenvalue weighted by Gasteiger charge is -2.18. The monoisotopic (exact) mass is 422 g/mol. The van der Waals surface area contributed by atoms with Crippen LogP contribution in [0.4, 0.5) is 5.69 Å². The highest BCUT2D eigenvalue weighted by Crippen LogP contribution is 2.46. The normalized spacial score (nSPS) is 14.6. The van der Waals surface area contributed by atoms with Crippen LogP contribution in [0.5, 0.6) is 0 Å². The number of hydrogen-bond acceptors (Lipinski definition) is 2. The van der Waals surface area contributed by atoms with E-state index in [4.69, 9.17) is 0 Å². The number of benzene rings is 1. The van der Waals surface area contributed by atoms with Gasteiger partial charge in [0.1, 0.15) is 6.54 Å². The van der Waals surface area contributed by atoms with Gasteiger partial charge >= 0.3 is 0 Å². The van der Waals surface area contributed by atoms with Gasteiger partial charge in [-0.25, -0.2) is 4.57 Å². The lowest BCUT2D eigenvalue weighted by atomic mass is 10.2. The summed E-state index contributed by atoms with van der Waals surface area (Å²) in [6, 6.07) is 12.8. The van der Waals surface area contributed by atoms with Crippen LogP contribution in [0.3, 0.4) is 0 Å². The summed E-state index contributed by atoms with van der Waals surface area (Å²) in [5.74, 6) is 0. The maximum Gasteiger partial charge on any atom is 0.169 e. The Labute approximate surface area is 153 Å². The summed E-state index contributed by atoms with van der Waals surface area (Å²) in [6.07, 6.45) is 8.44. The SMILES string of the molecule is C=CCN1/C(=C/c2cc[n+](CC)cc2)Sc2ccccc21.[I-]. The van der Waals surface area contributed by atoms with Crippen molar-refractivity contribution in [3.05, 3.63) is 72.0 Å². The first kappa shape index (κ1) is 17.1. The van der Waals surface area contributed by atoms with Crippen molar-refractivity contribution in [2.75, 3.05) is 11.4 Å². The Hall–Kier alpha value is -1.27. The molecule has 0 atom stereocenters. The summed E-state index contributed by atoms with van der Waals surface area (Å²) in [5.41, 5.74) is 2.50. The van der Waals surface area contributed by atoms with E-state index < -0.39 is 0 Å². The highest BCUT2D eigenvalue weighted by atomic mass is 127. The fraction of sp³-hybridized carbons (Fsp3) is 0.167. The van der Waals surface area contributed by atoms with Gasteiger partial charge in [0.05, 0.1) is 10.7 Å². The first-order chi connectivity index (χ1) is 10.3. The molecule has 1 aliphatic rings. The molecule has 0 bridgehead atoms. The largest absolute Gasteiger partial charge is 1.00 e. The van der Waals surface area contributed by atoms with Crippen molar-refractivity contribution in [1.82, 2.24) is 0 Å². The van der Waals surface area contributed by atoms with Crippen LogP contribution in [-0.2, 0) is 6.54 Å². The first-order valence-electron chi connectivity index (χ1n) is 7.18. The van der Waals surface area contributed by atoms with Crippen LogP contribution in [-0.4, -0.2) is 6.54 Å². The molecule has 0 unspecified atom stereocenters. The number of hydrogen-bond donors (Lipinski definition) is 0. The number of halogens is 1. The highest BCUT2D eigenvalue weighted by Gasteiger charge is 2.23. The van der Waals surface area contributed by atoms with Crippen LogP contribution in [0.2, 0.25) is 0 Å². The van der Waals surface area contributed by atoms with Crippen LogP contribution in [0, 0.1) is 0 Å². The van der Waals surface area contributed by atoms with Gasteiger partial charge in [-0.15, -0.1) is 6.58 Å². The van der Waals surface area contributed by atoms with E-state index in [0.717, 1.165) is 13.1 Å². The molecule has 0 amide bonds. The zero-order chi connectivity index (χ0) is 14.7. The number of rotatable bonds is 4. The smallest absolute Gasteiger partial charge is 0.169 e. The summed E-state index contributed by atoms with van der Waals surface area (Å²) < 4.78 is 2.17. The fourth-order valence-electron chi connectivity index (χ4n) is 2.40. The third-order valence-corrected chi connectivity index (χ3v) is 4.63. The average molecular weight is 422 g/mol. The number of anilines is 1. The topological polar surface area (TPSA) is 7.12 Å². The lowest BCUT2D eigenvalue weighted by molar-refractivity contribution is -0.693. The molecular weight excluding hydrogens is 403 g/mol. The van der Waals surface area contributed by atoms with Crippen molar-refractivity contribution in [2.24, 2.45) is 0 Å². The van der Waals surface area contributed by atoms with E-state index in [2.05, 4.69) is 77.8 Å². The van der Waals surface area contributed by atoms with Gasteiger partial charge in [0.15, 0.2) is 12.4 Å². The Balaban J connectivity index is 0.00000176. The molecule has 2 nitrogen and oxygen atoms in total. The molecular formula is C18H19IN2S. The molecule has 2 heterocycles. The molecule has 3 rings (SSSR count). The summed E-state index contributed by atoms with van der Waals surface area (Å²) in [6.45, 7) is 7.86. The summed E-state index contributed by atoms with van der Waals surface area (Å²) in [7, 11) is 0. The van der Waals surface area contributed by atoms with Crippen LogP contribution < -0.4 is 33.4 Å².